The average molecular weight is 430 g/mol. The molecule has 0 aromatic heterocycles. The largest absolute Gasteiger partial charge is 0.497 e. The van der Waals surface area contributed by atoms with Crippen LogP contribution in [0.4, 0.5) is 0 Å². The number of aliphatic imine (C=N–C) groups is 1. The van der Waals surface area contributed by atoms with Gasteiger partial charge in [-0.3, -0.25) is 4.99 Å². The molecule has 3 N–H and O–H groups in total. The first-order valence-electron chi connectivity index (χ1n) is 10.8. The molecule has 2 aromatic rings. The number of methoxy groups -OCH3 is 1. The molecule has 1 unspecified atom stereocenters. The molecule has 0 aliphatic rings. The van der Waals surface area contributed by atoms with Crippen molar-refractivity contribution in [2.45, 2.75) is 33.3 Å². The number of guanidine groups is 1. The molecule has 0 radical (unpaired) electrons. The molecule has 0 bridgehead atoms. The van der Waals surface area contributed by atoms with Gasteiger partial charge in [-0.1, -0.05) is 18.2 Å². The summed E-state index contributed by atoms with van der Waals surface area (Å²) in [7, 11) is 1.62. The minimum absolute atomic E-state index is 0.263. The molecule has 31 heavy (non-hydrogen) atoms. The van der Waals surface area contributed by atoms with Crippen LogP contribution in [0.2, 0.25) is 0 Å². The van der Waals surface area contributed by atoms with Crippen LogP contribution in [-0.4, -0.2) is 51.0 Å². The molecular weight excluding hydrogens is 394 g/mol. The van der Waals surface area contributed by atoms with E-state index in [0.717, 1.165) is 41.3 Å². The lowest BCUT2D eigenvalue weighted by Gasteiger charge is -2.15. The van der Waals surface area contributed by atoms with Gasteiger partial charge in [-0.15, -0.1) is 0 Å². The summed E-state index contributed by atoms with van der Waals surface area (Å²) in [6, 6.07) is 13.4. The average Bonchev–Trinajstić information content (AvgIpc) is 2.79. The Hall–Kier alpha value is -2.93. The lowest BCUT2D eigenvalue weighted by atomic mass is 10.1. The first-order chi connectivity index (χ1) is 15.1. The van der Waals surface area contributed by atoms with Gasteiger partial charge in [0.25, 0.3) is 0 Å². The highest BCUT2D eigenvalue weighted by atomic mass is 16.5. The number of hydrogen-bond acceptors (Lipinski definition) is 5. The number of aliphatic hydroxyl groups excluding tert-OH is 1. The summed E-state index contributed by atoms with van der Waals surface area (Å²) in [5.74, 6) is 2.97. The van der Waals surface area contributed by atoms with Gasteiger partial charge < -0.3 is 30.0 Å². The molecule has 0 heterocycles. The molecule has 170 valence electrons. The standard InChI is InChI=1S/C24H35N3O4/c1-5-25-24(27-17-21(28)19-9-11-20(29-4)12-10-19)26-15-14-18-8-13-22(30-6-2)23(16-18)31-7-3/h8-13,16,21,28H,5-7,14-15,17H2,1-4H3,(H2,25,26,27). The Labute approximate surface area is 185 Å². The van der Waals surface area contributed by atoms with Gasteiger partial charge in [-0.25, -0.2) is 0 Å². The molecule has 0 fully saturated rings. The summed E-state index contributed by atoms with van der Waals surface area (Å²) in [6.07, 6.45) is 0.124. The van der Waals surface area contributed by atoms with Gasteiger partial charge in [0.2, 0.25) is 0 Å². The van der Waals surface area contributed by atoms with E-state index in [2.05, 4.69) is 15.6 Å². The second-order valence-corrected chi connectivity index (χ2v) is 6.83. The van der Waals surface area contributed by atoms with Crippen molar-refractivity contribution in [1.82, 2.24) is 10.6 Å². The molecule has 2 rings (SSSR count). The summed E-state index contributed by atoms with van der Waals surface area (Å²) in [4.78, 5) is 4.52. The van der Waals surface area contributed by atoms with Gasteiger partial charge in [-0.05, 0) is 62.6 Å². The normalized spacial score (nSPS) is 12.2. The second kappa shape index (κ2) is 13.4. The Morgan fingerprint density at radius 3 is 2.32 bits per heavy atom. The first kappa shape index (κ1) is 24.3. The molecule has 7 nitrogen and oxygen atoms in total. The maximum absolute atomic E-state index is 10.4. The predicted octanol–water partition coefficient (Wildman–Crippen LogP) is 3.32. The Kier molecular flexibility index (Phi) is 10.5. The van der Waals surface area contributed by atoms with Crippen molar-refractivity contribution in [2.75, 3.05) is 40.0 Å². The fraction of sp³-hybridized carbons (Fsp3) is 0.458. The van der Waals surface area contributed by atoms with E-state index in [9.17, 15) is 5.11 Å². The lowest BCUT2D eigenvalue weighted by Crippen LogP contribution is -2.38. The number of nitrogens with zero attached hydrogens (tertiary/aromatic N) is 1. The third-order valence-electron chi connectivity index (χ3n) is 4.58. The van der Waals surface area contributed by atoms with Gasteiger partial charge in [0.15, 0.2) is 17.5 Å². The third-order valence-corrected chi connectivity index (χ3v) is 4.58. The molecule has 2 aromatic carbocycles. The monoisotopic (exact) mass is 429 g/mol. The maximum atomic E-state index is 10.4. The summed E-state index contributed by atoms with van der Waals surface area (Å²) >= 11 is 0. The van der Waals surface area contributed by atoms with Crippen LogP contribution in [0.1, 0.15) is 38.0 Å². The van der Waals surface area contributed by atoms with Gasteiger partial charge in [-0.2, -0.15) is 0 Å². The van der Waals surface area contributed by atoms with Gasteiger partial charge in [0.05, 0.1) is 33.0 Å². The number of ether oxygens (including phenoxy) is 3. The zero-order chi connectivity index (χ0) is 22.5. The molecule has 0 saturated heterocycles. The highest BCUT2D eigenvalue weighted by molar-refractivity contribution is 5.79. The highest BCUT2D eigenvalue weighted by Crippen LogP contribution is 2.28. The topological polar surface area (TPSA) is 84.3 Å². The fourth-order valence-electron chi connectivity index (χ4n) is 3.03. The molecule has 7 heteroatoms. The zero-order valence-electron chi connectivity index (χ0n) is 19.0. The maximum Gasteiger partial charge on any atom is 0.191 e. The number of nitrogens with one attached hydrogen (secondary N) is 2. The Bertz CT molecular complexity index is 809. The van der Waals surface area contributed by atoms with Crippen molar-refractivity contribution in [3.05, 3.63) is 53.6 Å². The van der Waals surface area contributed by atoms with Gasteiger partial charge >= 0.3 is 0 Å². The van der Waals surface area contributed by atoms with E-state index in [-0.39, 0.29) is 6.54 Å². The van der Waals surface area contributed by atoms with Crippen molar-refractivity contribution in [3.8, 4) is 17.2 Å². The second-order valence-electron chi connectivity index (χ2n) is 6.83. The Morgan fingerprint density at radius 2 is 1.68 bits per heavy atom. The summed E-state index contributed by atoms with van der Waals surface area (Å²) in [5.41, 5.74) is 1.95. The van der Waals surface area contributed by atoms with Gasteiger partial charge in [0.1, 0.15) is 5.75 Å². The van der Waals surface area contributed by atoms with Crippen molar-refractivity contribution in [1.29, 1.82) is 0 Å². The van der Waals surface area contributed by atoms with E-state index < -0.39 is 6.10 Å². The van der Waals surface area contributed by atoms with Crippen LogP contribution < -0.4 is 24.8 Å². The predicted molar refractivity (Wildman–Crippen MR) is 124 cm³/mol. The van der Waals surface area contributed by atoms with E-state index >= 15 is 0 Å². The van der Waals surface area contributed by atoms with Crippen molar-refractivity contribution in [2.24, 2.45) is 4.99 Å². The minimum Gasteiger partial charge on any atom is -0.497 e. The number of aliphatic hydroxyl groups is 1. The van der Waals surface area contributed by atoms with Crippen LogP contribution in [0.15, 0.2) is 47.5 Å². The smallest absolute Gasteiger partial charge is 0.191 e. The van der Waals surface area contributed by atoms with E-state index in [1.165, 1.54) is 0 Å². The molecule has 1 atom stereocenters. The Morgan fingerprint density at radius 1 is 0.968 bits per heavy atom. The quantitative estimate of drug-likeness (QED) is 0.355. The first-order valence-corrected chi connectivity index (χ1v) is 10.8. The number of hydrogen-bond donors (Lipinski definition) is 3. The zero-order valence-corrected chi connectivity index (χ0v) is 19.0. The number of benzene rings is 2. The van der Waals surface area contributed by atoms with Crippen LogP contribution >= 0.6 is 0 Å². The SMILES string of the molecule is CCNC(=NCC(O)c1ccc(OC)cc1)NCCc1ccc(OCC)c(OCC)c1. The molecule has 0 saturated carbocycles. The molecule has 0 aliphatic heterocycles. The van der Waals surface area contributed by atoms with Crippen molar-refractivity contribution in [3.63, 3.8) is 0 Å². The molecule has 0 aliphatic carbocycles. The summed E-state index contributed by atoms with van der Waals surface area (Å²) < 4.78 is 16.5. The lowest BCUT2D eigenvalue weighted by molar-refractivity contribution is 0.187. The van der Waals surface area contributed by atoms with Crippen LogP contribution in [-0.2, 0) is 6.42 Å². The highest BCUT2D eigenvalue weighted by Gasteiger charge is 2.09. The van der Waals surface area contributed by atoms with Crippen LogP contribution in [0, 0.1) is 0 Å². The van der Waals surface area contributed by atoms with E-state index in [1.54, 1.807) is 7.11 Å². The molecular formula is C24H35N3O4. The van der Waals surface area contributed by atoms with Crippen molar-refractivity contribution >= 4 is 5.96 Å². The molecule has 0 spiro atoms. The van der Waals surface area contributed by atoms with Crippen LogP contribution in [0.3, 0.4) is 0 Å². The summed E-state index contributed by atoms with van der Waals surface area (Å²) in [5, 5.41) is 17.0. The van der Waals surface area contributed by atoms with Crippen molar-refractivity contribution < 1.29 is 19.3 Å². The molecule has 0 amide bonds. The minimum atomic E-state index is -0.679. The summed E-state index contributed by atoms with van der Waals surface area (Å²) in [6.45, 7) is 8.83. The van der Waals surface area contributed by atoms with Crippen LogP contribution in [0.5, 0.6) is 17.2 Å². The number of rotatable bonds is 12. The van der Waals surface area contributed by atoms with Gasteiger partial charge in [0, 0.05) is 13.1 Å². The third kappa shape index (κ3) is 8.02. The van der Waals surface area contributed by atoms with E-state index in [0.29, 0.717) is 25.7 Å². The van der Waals surface area contributed by atoms with E-state index in [4.69, 9.17) is 14.2 Å². The Balaban J connectivity index is 1.93. The fourth-order valence-corrected chi connectivity index (χ4v) is 3.03. The van der Waals surface area contributed by atoms with E-state index in [1.807, 2.05) is 63.2 Å². The van der Waals surface area contributed by atoms with Crippen LogP contribution in [0.25, 0.3) is 0 Å².